The van der Waals surface area contributed by atoms with Crippen LogP contribution in [-0.4, -0.2) is 9.97 Å². The van der Waals surface area contributed by atoms with Gasteiger partial charge in [0.2, 0.25) is 0 Å². The summed E-state index contributed by atoms with van der Waals surface area (Å²) in [6, 6.07) is 4.94. The first-order chi connectivity index (χ1) is 8.54. The van der Waals surface area contributed by atoms with Gasteiger partial charge in [0.05, 0.1) is 25.8 Å². The molecule has 0 saturated carbocycles. The molecule has 0 atom stereocenters. The van der Waals surface area contributed by atoms with Crippen molar-refractivity contribution >= 4 is 46.4 Å². The molecule has 18 heavy (non-hydrogen) atoms. The van der Waals surface area contributed by atoms with Gasteiger partial charge in [0, 0.05) is 11.6 Å². The van der Waals surface area contributed by atoms with E-state index >= 15 is 0 Å². The van der Waals surface area contributed by atoms with Crippen molar-refractivity contribution in [3.63, 3.8) is 0 Å². The quantitative estimate of drug-likeness (QED) is 0.569. The summed E-state index contributed by atoms with van der Waals surface area (Å²) >= 11 is 23.8. The number of hydrogen-bond acceptors (Lipinski definition) is 3. The predicted octanol–water partition coefficient (Wildman–Crippen LogP) is 4.63. The fraction of sp³-hybridized carbons (Fsp3) is 0. The van der Waals surface area contributed by atoms with Crippen molar-refractivity contribution in [1.29, 1.82) is 5.26 Å². The number of nitriles is 1. The monoisotopic (exact) mass is 317 g/mol. The Labute approximate surface area is 123 Å². The Morgan fingerprint density at radius 3 is 2.33 bits per heavy atom. The summed E-state index contributed by atoms with van der Waals surface area (Å²) < 4.78 is 0. The molecule has 0 aliphatic carbocycles. The molecular weight excluding hydrogens is 316 g/mol. The topological polar surface area (TPSA) is 49.6 Å². The van der Waals surface area contributed by atoms with Crippen LogP contribution in [0.4, 0.5) is 0 Å². The number of rotatable bonds is 1. The van der Waals surface area contributed by atoms with Crippen LogP contribution in [-0.2, 0) is 0 Å². The van der Waals surface area contributed by atoms with Crippen LogP contribution < -0.4 is 0 Å². The first-order valence-electron chi connectivity index (χ1n) is 4.60. The van der Waals surface area contributed by atoms with Crippen molar-refractivity contribution in [2.45, 2.75) is 0 Å². The van der Waals surface area contributed by atoms with Crippen molar-refractivity contribution in [3.8, 4) is 17.3 Å². The standard InChI is InChI=1S/C11H3Cl4N3/c12-7-2-6(9(13)11(15)10(7)14)8-1-5(3-16)17-4-18-8/h1-2,4H. The van der Waals surface area contributed by atoms with E-state index in [0.717, 1.165) is 0 Å². The first-order valence-corrected chi connectivity index (χ1v) is 6.11. The lowest BCUT2D eigenvalue weighted by Gasteiger charge is -2.08. The van der Waals surface area contributed by atoms with Crippen LogP contribution in [0.2, 0.25) is 20.1 Å². The van der Waals surface area contributed by atoms with E-state index in [1.807, 2.05) is 6.07 Å². The zero-order valence-electron chi connectivity index (χ0n) is 8.59. The largest absolute Gasteiger partial charge is 0.236 e. The fourth-order valence-electron chi connectivity index (χ4n) is 1.33. The lowest BCUT2D eigenvalue weighted by Crippen LogP contribution is -1.90. The molecule has 0 fully saturated rings. The lowest BCUT2D eigenvalue weighted by molar-refractivity contribution is 1.14. The number of hydrogen-bond donors (Lipinski definition) is 0. The van der Waals surface area contributed by atoms with E-state index in [0.29, 0.717) is 11.3 Å². The Morgan fingerprint density at radius 2 is 1.67 bits per heavy atom. The Hall–Kier alpha value is -1.05. The van der Waals surface area contributed by atoms with Crippen molar-refractivity contribution < 1.29 is 0 Å². The van der Waals surface area contributed by atoms with Gasteiger partial charge >= 0.3 is 0 Å². The summed E-state index contributed by atoms with van der Waals surface area (Å²) in [6.45, 7) is 0. The summed E-state index contributed by atoms with van der Waals surface area (Å²) in [6.07, 6.45) is 1.26. The SMILES string of the molecule is N#Cc1cc(-c2cc(Cl)c(Cl)c(Cl)c2Cl)ncn1. The van der Waals surface area contributed by atoms with Gasteiger partial charge < -0.3 is 0 Å². The van der Waals surface area contributed by atoms with Gasteiger partial charge in [0.1, 0.15) is 18.1 Å². The molecule has 0 spiro atoms. The van der Waals surface area contributed by atoms with Crippen LogP contribution in [0.25, 0.3) is 11.3 Å². The summed E-state index contributed by atoms with van der Waals surface area (Å²) in [5, 5.41) is 9.61. The summed E-state index contributed by atoms with van der Waals surface area (Å²) in [7, 11) is 0. The zero-order chi connectivity index (χ0) is 13.3. The highest BCUT2D eigenvalue weighted by atomic mass is 35.5. The third-order valence-electron chi connectivity index (χ3n) is 2.16. The van der Waals surface area contributed by atoms with Gasteiger partial charge in [-0.1, -0.05) is 46.4 Å². The van der Waals surface area contributed by atoms with Crippen molar-refractivity contribution in [1.82, 2.24) is 9.97 Å². The summed E-state index contributed by atoms with van der Waals surface area (Å²) in [5.41, 5.74) is 1.17. The maximum atomic E-state index is 8.79. The molecule has 90 valence electrons. The normalized spacial score (nSPS) is 10.2. The maximum Gasteiger partial charge on any atom is 0.144 e. The van der Waals surface area contributed by atoms with Crippen LogP contribution in [0.5, 0.6) is 0 Å². The molecule has 1 aromatic heterocycles. The highest BCUT2D eigenvalue weighted by molar-refractivity contribution is 6.52. The van der Waals surface area contributed by atoms with Crippen LogP contribution in [0, 0.1) is 11.3 Å². The zero-order valence-corrected chi connectivity index (χ0v) is 11.6. The van der Waals surface area contributed by atoms with Gasteiger partial charge in [-0.05, 0) is 6.07 Å². The molecule has 0 aliphatic rings. The van der Waals surface area contributed by atoms with Crippen LogP contribution >= 0.6 is 46.4 Å². The van der Waals surface area contributed by atoms with E-state index in [1.165, 1.54) is 12.4 Å². The third kappa shape index (κ3) is 2.38. The molecule has 0 amide bonds. The van der Waals surface area contributed by atoms with Gasteiger partial charge in [-0.2, -0.15) is 5.26 Å². The van der Waals surface area contributed by atoms with Gasteiger partial charge in [-0.15, -0.1) is 0 Å². The second-order valence-corrected chi connectivity index (χ2v) is 4.79. The van der Waals surface area contributed by atoms with E-state index < -0.39 is 0 Å². The molecule has 0 bridgehead atoms. The average molecular weight is 319 g/mol. The van der Waals surface area contributed by atoms with Crippen molar-refractivity contribution in [3.05, 3.63) is 44.2 Å². The second kappa shape index (κ2) is 5.29. The first kappa shape index (κ1) is 13.4. The van der Waals surface area contributed by atoms with E-state index in [2.05, 4.69) is 9.97 Å². The van der Waals surface area contributed by atoms with Gasteiger partial charge in [0.25, 0.3) is 0 Å². The number of benzene rings is 1. The number of nitrogens with zero attached hydrogens (tertiary/aromatic N) is 3. The smallest absolute Gasteiger partial charge is 0.144 e. The second-order valence-electron chi connectivity index (χ2n) is 3.25. The highest BCUT2D eigenvalue weighted by Crippen LogP contribution is 2.41. The molecular formula is C11H3Cl4N3. The molecule has 0 saturated heterocycles. The lowest BCUT2D eigenvalue weighted by atomic mass is 10.1. The van der Waals surface area contributed by atoms with Gasteiger partial charge in [-0.25, -0.2) is 9.97 Å². The van der Waals surface area contributed by atoms with Gasteiger partial charge in [-0.3, -0.25) is 0 Å². The molecule has 3 nitrogen and oxygen atoms in total. The number of aromatic nitrogens is 2. The molecule has 2 aromatic rings. The minimum Gasteiger partial charge on any atom is -0.236 e. The van der Waals surface area contributed by atoms with E-state index in [-0.39, 0.29) is 25.8 Å². The molecule has 0 unspecified atom stereocenters. The average Bonchev–Trinajstić information content (AvgIpc) is 2.40. The van der Waals surface area contributed by atoms with Gasteiger partial charge in [0.15, 0.2) is 0 Å². The van der Waals surface area contributed by atoms with E-state index in [4.69, 9.17) is 51.7 Å². The number of halogens is 4. The molecule has 0 N–H and O–H groups in total. The Kier molecular flexibility index (Phi) is 3.94. The third-order valence-corrected chi connectivity index (χ3v) is 3.91. The molecule has 0 radical (unpaired) electrons. The minimum absolute atomic E-state index is 0.151. The van der Waals surface area contributed by atoms with Crippen LogP contribution in [0.1, 0.15) is 5.69 Å². The Morgan fingerprint density at radius 1 is 0.944 bits per heavy atom. The Balaban J connectivity index is 2.68. The van der Waals surface area contributed by atoms with Crippen molar-refractivity contribution in [2.75, 3.05) is 0 Å². The van der Waals surface area contributed by atoms with E-state index in [9.17, 15) is 0 Å². The fourth-order valence-corrected chi connectivity index (χ4v) is 2.22. The Bertz CT molecular complexity index is 664. The van der Waals surface area contributed by atoms with E-state index in [1.54, 1.807) is 6.07 Å². The molecule has 1 heterocycles. The maximum absolute atomic E-state index is 8.79. The molecule has 0 aliphatic heterocycles. The molecule has 7 heteroatoms. The van der Waals surface area contributed by atoms with Crippen LogP contribution in [0.15, 0.2) is 18.5 Å². The van der Waals surface area contributed by atoms with Crippen LogP contribution in [0.3, 0.4) is 0 Å². The summed E-state index contributed by atoms with van der Waals surface area (Å²) in [5.74, 6) is 0. The minimum atomic E-state index is 0.151. The highest BCUT2D eigenvalue weighted by Gasteiger charge is 2.15. The molecule has 1 aromatic carbocycles. The summed E-state index contributed by atoms with van der Waals surface area (Å²) in [4.78, 5) is 7.79. The van der Waals surface area contributed by atoms with Crippen molar-refractivity contribution in [2.24, 2.45) is 0 Å². The molecule has 2 rings (SSSR count). The predicted molar refractivity (Wildman–Crippen MR) is 72.2 cm³/mol.